The zero-order chi connectivity index (χ0) is 24.4. The van der Waals surface area contributed by atoms with Crippen molar-refractivity contribution in [1.29, 1.82) is 0 Å². The number of alkyl halides is 3. The first-order valence-corrected chi connectivity index (χ1v) is 10.4. The molecular formula is C20H26F4N4O5. The molecule has 0 saturated carbocycles. The first-order chi connectivity index (χ1) is 15.4. The van der Waals surface area contributed by atoms with Crippen LogP contribution in [0.1, 0.15) is 13.3 Å². The van der Waals surface area contributed by atoms with E-state index in [1.165, 1.54) is 6.07 Å². The van der Waals surface area contributed by atoms with Gasteiger partial charge in [-0.05, 0) is 32.0 Å². The Morgan fingerprint density at radius 3 is 2.48 bits per heavy atom. The smallest absolute Gasteiger partial charge is 0.422 e. The maximum absolute atomic E-state index is 13.5. The number of imide groups is 1. The van der Waals surface area contributed by atoms with Crippen molar-refractivity contribution in [2.24, 2.45) is 0 Å². The minimum atomic E-state index is -4.54. The summed E-state index contributed by atoms with van der Waals surface area (Å²) in [5.41, 5.74) is -1.74. The van der Waals surface area contributed by atoms with Gasteiger partial charge in [-0.15, -0.1) is 0 Å². The average Bonchev–Trinajstić information content (AvgIpc) is 2.74. The van der Waals surface area contributed by atoms with Gasteiger partial charge in [0.2, 0.25) is 0 Å². The van der Waals surface area contributed by atoms with E-state index in [1.807, 2.05) is 4.90 Å². The molecule has 3 amide bonds. The summed E-state index contributed by atoms with van der Waals surface area (Å²) in [6, 6.07) is 2.69. The number of aliphatic hydroxyl groups excluding tert-OH is 1. The molecule has 2 fully saturated rings. The number of nitrogens with zero attached hydrogens (tertiary/aromatic N) is 3. The van der Waals surface area contributed by atoms with Crippen LogP contribution in [0.15, 0.2) is 18.2 Å². The molecule has 2 saturated heterocycles. The third-order valence-electron chi connectivity index (χ3n) is 5.60. The lowest BCUT2D eigenvalue weighted by atomic mass is 10.0. The highest BCUT2D eigenvalue weighted by Crippen LogP contribution is 2.31. The zero-order valence-electron chi connectivity index (χ0n) is 17.9. The molecule has 33 heavy (non-hydrogen) atoms. The van der Waals surface area contributed by atoms with Gasteiger partial charge in [-0.25, -0.2) is 9.18 Å². The predicted octanol–water partition coefficient (Wildman–Crippen LogP) is 0.900. The Labute approximate surface area is 187 Å². The normalized spacial score (nSPS) is 24.8. The second kappa shape index (κ2) is 9.69. The van der Waals surface area contributed by atoms with E-state index >= 15 is 0 Å². The number of amides is 3. The highest BCUT2D eigenvalue weighted by atomic mass is 19.4. The molecule has 0 aliphatic carbocycles. The van der Waals surface area contributed by atoms with E-state index in [2.05, 4.69) is 10.2 Å². The van der Waals surface area contributed by atoms with Crippen LogP contribution in [-0.4, -0.2) is 95.8 Å². The van der Waals surface area contributed by atoms with E-state index < -0.39 is 42.4 Å². The van der Waals surface area contributed by atoms with Gasteiger partial charge in [-0.1, -0.05) is 0 Å². The molecule has 13 heteroatoms. The quantitative estimate of drug-likeness (QED) is 0.500. The lowest BCUT2D eigenvalue weighted by Crippen LogP contribution is -2.68. The SMILES string of the molecule is C[C@@]1(O)C(=O)N(CCCN2CCN(c3ccc(F)cc3OCC(F)(F)F)CC2)C(=O)N[C@@H]1O. The van der Waals surface area contributed by atoms with E-state index in [9.17, 15) is 37.4 Å². The van der Waals surface area contributed by atoms with Gasteiger partial charge in [0.05, 0.1) is 5.69 Å². The lowest BCUT2D eigenvalue weighted by molar-refractivity contribution is -0.165. The van der Waals surface area contributed by atoms with Gasteiger partial charge < -0.3 is 25.2 Å². The third kappa shape index (κ3) is 6.03. The number of piperazine rings is 1. The number of nitrogens with one attached hydrogen (secondary N) is 1. The zero-order valence-corrected chi connectivity index (χ0v) is 17.9. The summed E-state index contributed by atoms with van der Waals surface area (Å²) in [6.45, 7) is 2.18. The second-order valence-electron chi connectivity index (χ2n) is 8.15. The Morgan fingerprint density at radius 2 is 1.85 bits per heavy atom. The minimum absolute atomic E-state index is 0.0428. The van der Waals surface area contributed by atoms with Crippen molar-refractivity contribution in [3.8, 4) is 5.75 Å². The van der Waals surface area contributed by atoms with Crippen LogP contribution in [0.2, 0.25) is 0 Å². The summed E-state index contributed by atoms with van der Waals surface area (Å²) < 4.78 is 55.9. The van der Waals surface area contributed by atoms with Crippen molar-refractivity contribution >= 4 is 17.6 Å². The molecule has 0 bridgehead atoms. The topological polar surface area (TPSA) is 106 Å². The fraction of sp³-hybridized carbons (Fsp3) is 0.600. The fourth-order valence-corrected chi connectivity index (χ4v) is 3.71. The van der Waals surface area contributed by atoms with Crippen molar-refractivity contribution in [3.63, 3.8) is 0 Å². The molecule has 2 aliphatic heterocycles. The number of anilines is 1. The largest absolute Gasteiger partial charge is 0.482 e. The summed E-state index contributed by atoms with van der Waals surface area (Å²) in [5, 5.41) is 21.8. The van der Waals surface area contributed by atoms with E-state index in [0.29, 0.717) is 44.8 Å². The number of hydrogen-bond donors (Lipinski definition) is 3. The average molecular weight is 478 g/mol. The number of benzene rings is 1. The Hall–Kier alpha value is -2.64. The van der Waals surface area contributed by atoms with Crippen LogP contribution in [0.3, 0.4) is 0 Å². The molecule has 2 atom stereocenters. The number of ether oxygens (including phenoxy) is 1. The van der Waals surface area contributed by atoms with Crippen molar-refractivity contribution in [1.82, 2.24) is 15.1 Å². The molecule has 0 spiro atoms. The monoisotopic (exact) mass is 478 g/mol. The Kier molecular flexibility index (Phi) is 7.34. The lowest BCUT2D eigenvalue weighted by Gasteiger charge is -2.39. The number of hydrogen-bond acceptors (Lipinski definition) is 7. The number of aliphatic hydroxyl groups is 2. The summed E-state index contributed by atoms with van der Waals surface area (Å²) in [4.78, 5) is 28.9. The number of rotatable bonds is 7. The number of urea groups is 1. The summed E-state index contributed by atoms with van der Waals surface area (Å²) in [6.07, 6.45) is -5.80. The van der Waals surface area contributed by atoms with Gasteiger partial charge in [-0.2, -0.15) is 13.2 Å². The van der Waals surface area contributed by atoms with Crippen LogP contribution in [0, 0.1) is 5.82 Å². The highest BCUT2D eigenvalue weighted by molar-refractivity contribution is 6.01. The van der Waals surface area contributed by atoms with Gasteiger partial charge in [0.15, 0.2) is 18.4 Å². The number of halogens is 4. The molecule has 1 aromatic carbocycles. The van der Waals surface area contributed by atoms with Gasteiger partial charge in [-0.3, -0.25) is 14.6 Å². The van der Waals surface area contributed by atoms with E-state index in [-0.39, 0.29) is 12.3 Å². The minimum Gasteiger partial charge on any atom is -0.482 e. The van der Waals surface area contributed by atoms with Crippen molar-refractivity contribution < 1.29 is 42.1 Å². The van der Waals surface area contributed by atoms with Crippen LogP contribution >= 0.6 is 0 Å². The molecule has 0 aromatic heterocycles. The van der Waals surface area contributed by atoms with E-state index in [4.69, 9.17) is 4.74 Å². The molecule has 3 N–H and O–H groups in total. The Morgan fingerprint density at radius 1 is 1.18 bits per heavy atom. The molecular weight excluding hydrogens is 452 g/mol. The molecule has 9 nitrogen and oxygen atoms in total. The molecule has 184 valence electrons. The molecule has 0 unspecified atom stereocenters. The van der Waals surface area contributed by atoms with Gasteiger partial charge >= 0.3 is 12.2 Å². The van der Waals surface area contributed by atoms with Crippen LogP contribution < -0.4 is 15.0 Å². The van der Waals surface area contributed by atoms with Crippen molar-refractivity contribution in [2.75, 3.05) is 50.8 Å². The van der Waals surface area contributed by atoms with Crippen LogP contribution in [0.25, 0.3) is 0 Å². The summed E-state index contributed by atoms with van der Waals surface area (Å²) >= 11 is 0. The molecule has 0 radical (unpaired) electrons. The van der Waals surface area contributed by atoms with Crippen LogP contribution in [-0.2, 0) is 4.79 Å². The maximum Gasteiger partial charge on any atom is 0.422 e. The molecule has 2 heterocycles. The van der Waals surface area contributed by atoms with E-state index in [0.717, 1.165) is 24.0 Å². The van der Waals surface area contributed by atoms with Crippen LogP contribution in [0.5, 0.6) is 5.75 Å². The first kappa shape index (κ1) is 25.0. The first-order valence-electron chi connectivity index (χ1n) is 10.4. The fourth-order valence-electron chi connectivity index (χ4n) is 3.71. The summed E-state index contributed by atoms with van der Waals surface area (Å²) in [5.74, 6) is -1.76. The molecule has 2 aliphatic rings. The van der Waals surface area contributed by atoms with Gasteiger partial charge in [0.25, 0.3) is 5.91 Å². The van der Waals surface area contributed by atoms with Gasteiger partial charge in [0.1, 0.15) is 11.6 Å². The number of carbonyl (C=O) groups excluding carboxylic acids is 2. The van der Waals surface area contributed by atoms with Crippen LogP contribution in [0.4, 0.5) is 28.0 Å². The maximum atomic E-state index is 13.5. The standard InChI is InChI=1S/C20H26F4N4O5/c1-19(32)16(29)25-18(31)28(17(19)30)6-2-5-26-7-9-27(10-8-26)14-4-3-13(21)11-15(14)33-12-20(22,23)24/h3-4,11,16,29,32H,2,5-10,12H2,1H3,(H,25,31)/t16-,19+/m1/s1. The second-order valence-corrected chi connectivity index (χ2v) is 8.15. The predicted molar refractivity (Wildman–Crippen MR) is 108 cm³/mol. The third-order valence-corrected chi connectivity index (χ3v) is 5.60. The Balaban J connectivity index is 1.51. The number of carbonyl (C=O) groups is 2. The Bertz CT molecular complexity index is 875. The summed E-state index contributed by atoms with van der Waals surface area (Å²) in [7, 11) is 0. The van der Waals surface area contributed by atoms with Crippen molar-refractivity contribution in [2.45, 2.75) is 31.3 Å². The molecule has 3 rings (SSSR count). The van der Waals surface area contributed by atoms with Gasteiger partial charge in [0, 0.05) is 38.8 Å². The molecule has 1 aromatic rings. The van der Waals surface area contributed by atoms with E-state index in [1.54, 1.807) is 0 Å². The highest BCUT2D eigenvalue weighted by Gasteiger charge is 2.48. The van der Waals surface area contributed by atoms with Crippen molar-refractivity contribution in [3.05, 3.63) is 24.0 Å².